The van der Waals surface area contributed by atoms with E-state index in [1.807, 2.05) is 12.3 Å². The van der Waals surface area contributed by atoms with Crippen molar-refractivity contribution in [1.29, 1.82) is 0 Å². The predicted octanol–water partition coefficient (Wildman–Crippen LogP) is 4.01. The molecule has 2 N–H and O–H groups in total. The fraction of sp³-hybridized carbons (Fsp3) is 0.433. The first-order valence-corrected chi connectivity index (χ1v) is 14.3. The molecule has 3 atom stereocenters. The Bertz CT molecular complexity index is 1560. The van der Waals surface area contributed by atoms with Gasteiger partial charge in [-0.15, -0.1) is 11.3 Å². The minimum Gasteiger partial charge on any atom is -0.312 e. The van der Waals surface area contributed by atoms with Crippen molar-refractivity contribution in [3.8, 4) is 11.8 Å². The number of rotatable bonds is 6. The molecule has 2 amide bonds. The number of piperidine rings is 1. The van der Waals surface area contributed by atoms with E-state index in [2.05, 4.69) is 45.9 Å². The second-order valence-corrected chi connectivity index (χ2v) is 11.8. The standard InChI is InChI=1S/C30H33N5O3S/c1-18-13-19(2)15-21(14-18)11-12-31-16-23-17-32-27(39-23)10-7-22-5-4-6-24-28(22)30(38)35(20(3)33-24)25-8-9-26(36)34-29(25)37/h4-6,17,19,21,25,31H,1,8-9,11-16H2,2-3H3,(H,34,36,37). The van der Waals surface area contributed by atoms with E-state index in [1.54, 1.807) is 19.1 Å². The average molecular weight is 544 g/mol. The Balaban J connectivity index is 1.29. The van der Waals surface area contributed by atoms with Crippen LogP contribution in [0.2, 0.25) is 0 Å². The van der Waals surface area contributed by atoms with Gasteiger partial charge < -0.3 is 5.32 Å². The Morgan fingerprint density at radius 3 is 2.87 bits per heavy atom. The van der Waals surface area contributed by atoms with Gasteiger partial charge in [0.05, 0.1) is 10.9 Å². The second-order valence-electron chi connectivity index (χ2n) is 10.7. The zero-order chi connectivity index (χ0) is 27.5. The summed E-state index contributed by atoms with van der Waals surface area (Å²) in [6, 6.07) is 4.58. The van der Waals surface area contributed by atoms with Crippen molar-refractivity contribution in [1.82, 2.24) is 25.2 Å². The summed E-state index contributed by atoms with van der Waals surface area (Å²) in [5.41, 5.74) is 2.10. The van der Waals surface area contributed by atoms with Crippen LogP contribution >= 0.6 is 11.3 Å². The molecule has 39 heavy (non-hydrogen) atoms. The minimum absolute atomic E-state index is 0.179. The van der Waals surface area contributed by atoms with Crippen molar-refractivity contribution < 1.29 is 9.59 Å². The maximum Gasteiger partial charge on any atom is 0.263 e. The molecule has 1 saturated heterocycles. The third-order valence-electron chi connectivity index (χ3n) is 7.46. The van der Waals surface area contributed by atoms with Crippen LogP contribution in [0.4, 0.5) is 0 Å². The van der Waals surface area contributed by atoms with Gasteiger partial charge in [0.15, 0.2) is 5.01 Å². The fourth-order valence-corrected chi connectivity index (χ4v) is 6.51. The van der Waals surface area contributed by atoms with E-state index in [0.717, 1.165) is 42.6 Å². The van der Waals surface area contributed by atoms with Crippen LogP contribution in [0.25, 0.3) is 10.9 Å². The van der Waals surface area contributed by atoms with Crippen LogP contribution < -0.4 is 16.2 Å². The van der Waals surface area contributed by atoms with Crippen LogP contribution in [-0.4, -0.2) is 32.9 Å². The van der Waals surface area contributed by atoms with Crippen molar-refractivity contribution in [3.63, 3.8) is 0 Å². The van der Waals surface area contributed by atoms with E-state index in [0.29, 0.717) is 27.3 Å². The van der Waals surface area contributed by atoms with Gasteiger partial charge in [-0.25, -0.2) is 9.97 Å². The predicted molar refractivity (Wildman–Crippen MR) is 152 cm³/mol. The molecule has 2 aromatic heterocycles. The lowest BCUT2D eigenvalue weighted by atomic mass is 9.78. The molecule has 0 bridgehead atoms. The molecule has 2 aliphatic rings. The van der Waals surface area contributed by atoms with E-state index in [1.165, 1.54) is 34.3 Å². The number of fused-ring (bicyclic) bond motifs is 1. The van der Waals surface area contributed by atoms with Crippen LogP contribution in [0.1, 0.15) is 72.8 Å². The Kier molecular flexibility index (Phi) is 8.05. The summed E-state index contributed by atoms with van der Waals surface area (Å²) in [4.78, 5) is 47.8. The first-order valence-electron chi connectivity index (χ1n) is 13.5. The summed E-state index contributed by atoms with van der Waals surface area (Å²) in [7, 11) is 0. The molecule has 5 rings (SSSR count). The molecular weight excluding hydrogens is 510 g/mol. The van der Waals surface area contributed by atoms with Gasteiger partial charge in [-0.3, -0.25) is 24.3 Å². The van der Waals surface area contributed by atoms with Gasteiger partial charge in [0.2, 0.25) is 11.8 Å². The first-order chi connectivity index (χ1) is 18.8. The van der Waals surface area contributed by atoms with Gasteiger partial charge in [0, 0.05) is 29.6 Å². The third kappa shape index (κ3) is 6.18. The molecule has 3 unspecified atom stereocenters. The quantitative estimate of drug-likeness (QED) is 0.211. The molecule has 8 nitrogen and oxygen atoms in total. The van der Waals surface area contributed by atoms with Crippen molar-refractivity contribution in [2.75, 3.05) is 6.54 Å². The Labute approximate surface area is 231 Å². The van der Waals surface area contributed by atoms with Crippen molar-refractivity contribution >= 4 is 34.1 Å². The van der Waals surface area contributed by atoms with Gasteiger partial charge >= 0.3 is 0 Å². The number of aromatic nitrogens is 3. The number of hydrogen-bond acceptors (Lipinski definition) is 7. The highest BCUT2D eigenvalue weighted by Gasteiger charge is 2.30. The minimum atomic E-state index is -0.775. The molecule has 3 heterocycles. The summed E-state index contributed by atoms with van der Waals surface area (Å²) in [5, 5.41) is 6.89. The summed E-state index contributed by atoms with van der Waals surface area (Å²) in [6.07, 6.45) is 7.03. The number of imide groups is 1. The number of carbonyl (C=O) groups excluding carboxylic acids is 2. The van der Waals surface area contributed by atoms with Gasteiger partial charge in [0.1, 0.15) is 11.9 Å². The van der Waals surface area contributed by atoms with Gasteiger partial charge in [-0.1, -0.05) is 31.1 Å². The molecule has 0 radical (unpaired) electrons. The number of hydrogen-bond donors (Lipinski definition) is 2. The number of nitrogens with zero attached hydrogens (tertiary/aromatic N) is 3. The summed E-state index contributed by atoms with van der Waals surface area (Å²) < 4.78 is 1.38. The molecule has 1 aromatic carbocycles. The number of amides is 2. The smallest absolute Gasteiger partial charge is 0.263 e. The van der Waals surface area contributed by atoms with E-state index in [-0.39, 0.29) is 24.3 Å². The molecular formula is C30H33N5O3S. The van der Waals surface area contributed by atoms with Gasteiger partial charge in [0.25, 0.3) is 5.56 Å². The monoisotopic (exact) mass is 543 g/mol. The third-order valence-corrected chi connectivity index (χ3v) is 8.38. The number of aryl methyl sites for hydroxylation is 1. The van der Waals surface area contributed by atoms with Gasteiger partial charge in [-0.2, -0.15) is 0 Å². The Morgan fingerprint density at radius 1 is 1.23 bits per heavy atom. The highest BCUT2D eigenvalue weighted by molar-refractivity contribution is 7.12. The average Bonchev–Trinajstić information content (AvgIpc) is 3.33. The zero-order valence-corrected chi connectivity index (χ0v) is 23.2. The lowest BCUT2D eigenvalue weighted by Gasteiger charge is -2.28. The van der Waals surface area contributed by atoms with Crippen LogP contribution in [0, 0.1) is 30.6 Å². The number of carbonyl (C=O) groups is 2. The fourth-order valence-electron chi connectivity index (χ4n) is 5.78. The number of thiazole rings is 1. The highest BCUT2D eigenvalue weighted by Crippen LogP contribution is 2.33. The maximum absolute atomic E-state index is 13.6. The van der Waals surface area contributed by atoms with E-state index < -0.39 is 11.9 Å². The van der Waals surface area contributed by atoms with Crippen LogP contribution in [0.15, 0.2) is 41.3 Å². The van der Waals surface area contributed by atoms with E-state index in [4.69, 9.17) is 0 Å². The summed E-state index contributed by atoms with van der Waals surface area (Å²) >= 11 is 1.53. The van der Waals surface area contributed by atoms with Gasteiger partial charge in [-0.05, 0) is 75.5 Å². The van der Waals surface area contributed by atoms with Crippen LogP contribution in [-0.2, 0) is 16.1 Å². The largest absolute Gasteiger partial charge is 0.312 e. The highest BCUT2D eigenvalue weighted by atomic mass is 32.1. The summed E-state index contributed by atoms with van der Waals surface area (Å²) in [6.45, 7) is 9.92. The molecule has 3 aromatic rings. The van der Waals surface area contributed by atoms with E-state index in [9.17, 15) is 14.4 Å². The molecule has 1 aliphatic carbocycles. The Hall–Kier alpha value is -3.61. The topological polar surface area (TPSA) is 106 Å². The SMILES string of the molecule is C=C1CC(C)CC(CCNCc2cnc(C#Cc3cccc4nc(C)n(C5CCC(=O)NC5=O)c(=O)c34)s2)C1. The van der Waals surface area contributed by atoms with Crippen LogP contribution in [0.5, 0.6) is 0 Å². The van der Waals surface area contributed by atoms with E-state index >= 15 is 0 Å². The van der Waals surface area contributed by atoms with Crippen molar-refractivity contribution in [3.05, 3.63) is 68.2 Å². The second kappa shape index (κ2) is 11.6. The number of nitrogens with one attached hydrogen (secondary N) is 2. The molecule has 9 heteroatoms. The number of benzene rings is 1. The Morgan fingerprint density at radius 2 is 2.08 bits per heavy atom. The van der Waals surface area contributed by atoms with Crippen molar-refractivity contribution in [2.45, 2.75) is 65.0 Å². The van der Waals surface area contributed by atoms with Crippen molar-refractivity contribution in [2.24, 2.45) is 11.8 Å². The zero-order valence-electron chi connectivity index (χ0n) is 22.4. The first kappa shape index (κ1) is 27.0. The lowest BCUT2D eigenvalue weighted by molar-refractivity contribution is -0.135. The van der Waals surface area contributed by atoms with Crippen LogP contribution in [0.3, 0.4) is 0 Å². The summed E-state index contributed by atoms with van der Waals surface area (Å²) in [5.74, 6) is 7.27. The molecule has 1 saturated carbocycles. The molecule has 2 fully saturated rings. The molecule has 1 aliphatic heterocycles. The molecule has 202 valence electrons. The lowest BCUT2D eigenvalue weighted by Crippen LogP contribution is -2.45. The maximum atomic E-state index is 13.6. The molecule has 0 spiro atoms. The number of allylic oxidation sites excluding steroid dienone is 1. The normalized spacial score (nSPS) is 21.5.